The number of nitrogens with one attached hydrogen (secondary N) is 1. The summed E-state index contributed by atoms with van der Waals surface area (Å²) in [5, 5.41) is 3.30. The second-order valence-electron chi connectivity index (χ2n) is 8.42. The van der Waals surface area contributed by atoms with Crippen LogP contribution in [-0.2, 0) is 11.2 Å². The van der Waals surface area contributed by atoms with Crippen LogP contribution in [0.4, 0.5) is 0 Å². The van der Waals surface area contributed by atoms with E-state index in [2.05, 4.69) is 29.1 Å². The summed E-state index contributed by atoms with van der Waals surface area (Å²) < 4.78 is 0. The van der Waals surface area contributed by atoms with E-state index in [0.717, 1.165) is 48.3 Å². The van der Waals surface area contributed by atoms with Crippen molar-refractivity contribution >= 4 is 5.91 Å². The summed E-state index contributed by atoms with van der Waals surface area (Å²) in [7, 11) is 0. The molecule has 2 aromatic heterocycles. The van der Waals surface area contributed by atoms with Gasteiger partial charge in [-0.1, -0.05) is 26.7 Å². The van der Waals surface area contributed by atoms with Gasteiger partial charge in [0.05, 0.1) is 11.7 Å². The number of hydrogen-bond donors (Lipinski definition) is 1. The van der Waals surface area contributed by atoms with Crippen molar-refractivity contribution in [2.45, 2.75) is 58.4 Å². The van der Waals surface area contributed by atoms with Gasteiger partial charge in [-0.25, -0.2) is 9.97 Å². The molecular formula is C21H26N4O. The molecule has 2 aliphatic rings. The first-order valence-corrected chi connectivity index (χ1v) is 9.58. The van der Waals surface area contributed by atoms with Gasteiger partial charge in [0.25, 0.3) is 0 Å². The average Bonchev–Trinajstić information content (AvgIpc) is 3.16. The van der Waals surface area contributed by atoms with Gasteiger partial charge in [-0.15, -0.1) is 0 Å². The number of pyridine rings is 1. The first kappa shape index (κ1) is 17.1. The third-order valence-electron chi connectivity index (χ3n) is 5.66. The van der Waals surface area contributed by atoms with Crippen molar-refractivity contribution in [2.24, 2.45) is 11.3 Å². The molecule has 5 nitrogen and oxygen atoms in total. The topological polar surface area (TPSA) is 67.8 Å². The van der Waals surface area contributed by atoms with Crippen molar-refractivity contribution < 1.29 is 4.79 Å². The maximum Gasteiger partial charge on any atom is 0.223 e. The van der Waals surface area contributed by atoms with E-state index in [1.165, 1.54) is 12.8 Å². The molecule has 0 spiro atoms. The van der Waals surface area contributed by atoms with Gasteiger partial charge in [-0.2, -0.15) is 0 Å². The van der Waals surface area contributed by atoms with Crippen LogP contribution in [0.3, 0.4) is 0 Å². The summed E-state index contributed by atoms with van der Waals surface area (Å²) in [5.74, 6) is 1.11. The van der Waals surface area contributed by atoms with Crippen LogP contribution in [-0.4, -0.2) is 20.9 Å². The second kappa shape index (κ2) is 6.78. The Bertz CT molecular complexity index is 797. The normalized spacial score (nSPS) is 22.0. The molecule has 0 bridgehead atoms. The van der Waals surface area contributed by atoms with Gasteiger partial charge >= 0.3 is 0 Å². The van der Waals surface area contributed by atoms with Crippen molar-refractivity contribution in [2.75, 3.05) is 0 Å². The van der Waals surface area contributed by atoms with Crippen LogP contribution in [0.25, 0.3) is 11.4 Å². The van der Waals surface area contributed by atoms with E-state index in [0.29, 0.717) is 0 Å². The minimum Gasteiger partial charge on any atom is -0.349 e. The molecule has 26 heavy (non-hydrogen) atoms. The Labute approximate surface area is 154 Å². The molecule has 2 aliphatic carbocycles. The Kier molecular flexibility index (Phi) is 4.47. The minimum absolute atomic E-state index is 0.00772. The maximum absolute atomic E-state index is 12.7. The number of aromatic nitrogens is 3. The Hall–Kier alpha value is -2.30. The summed E-state index contributed by atoms with van der Waals surface area (Å²) >= 11 is 0. The van der Waals surface area contributed by atoms with Crippen LogP contribution in [0.2, 0.25) is 0 Å². The van der Waals surface area contributed by atoms with Gasteiger partial charge in [0.15, 0.2) is 5.82 Å². The predicted molar refractivity (Wildman–Crippen MR) is 100 cm³/mol. The molecule has 2 aromatic rings. The van der Waals surface area contributed by atoms with E-state index in [-0.39, 0.29) is 23.3 Å². The Morgan fingerprint density at radius 3 is 2.65 bits per heavy atom. The highest BCUT2D eigenvalue weighted by Crippen LogP contribution is 2.40. The highest BCUT2D eigenvalue weighted by Gasteiger charge is 2.35. The van der Waals surface area contributed by atoms with Gasteiger partial charge in [-0.3, -0.25) is 9.78 Å². The SMILES string of the molecule is CC1(C)Cc2nc(-c3ccncc3)ncc2[C@@H](NC(=O)C2CCCC2)C1. The van der Waals surface area contributed by atoms with E-state index in [1.807, 2.05) is 18.3 Å². The van der Waals surface area contributed by atoms with Crippen molar-refractivity contribution in [3.05, 3.63) is 42.0 Å². The van der Waals surface area contributed by atoms with Crippen LogP contribution in [0.15, 0.2) is 30.7 Å². The molecule has 0 aliphatic heterocycles. The third-order valence-corrected chi connectivity index (χ3v) is 5.66. The number of nitrogens with zero attached hydrogens (tertiary/aromatic N) is 3. The molecule has 1 saturated carbocycles. The molecule has 0 radical (unpaired) electrons. The quantitative estimate of drug-likeness (QED) is 0.913. The molecule has 5 heteroatoms. The van der Waals surface area contributed by atoms with Gasteiger partial charge < -0.3 is 5.32 Å². The summed E-state index contributed by atoms with van der Waals surface area (Å²) in [5.41, 5.74) is 3.20. The standard InChI is InChI=1S/C21H26N4O/c1-21(2)11-17-16(13-23-19(24-17)14-7-9-22-10-8-14)18(12-21)25-20(26)15-5-3-4-6-15/h7-10,13,15,18H,3-6,11-12H2,1-2H3,(H,25,26)/t18-/m0/s1. The molecule has 136 valence electrons. The summed E-state index contributed by atoms with van der Waals surface area (Å²) in [6, 6.07) is 3.86. The lowest BCUT2D eigenvalue weighted by Crippen LogP contribution is -2.39. The molecular weight excluding hydrogens is 324 g/mol. The minimum atomic E-state index is 0.00772. The largest absolute Gasteiger partial charge is 0.349 e. The number of rotatable bonds is 3. The molecule has 1 atom stereocenters. The van der Waals surface area contributed by atoms with Crippen molar-refractivity contribution in [1.82, 2.24) is 20.3 Å². The lowest BCUT2D eigenvalue weighted by Gasteiger charge is -2.37. The molecule has 0 unspecified atom stereocenters. The van der Waals surface area contributed by atoms with Crippen LogP contribution in [0, 0.1) is 11.3 Å². The summed E-state index contributed by atoms with van der Waals surface area (Å²) in [6.07, 6.45) is 11.6. The van der Waals surface area contributed by atoms with E-state index >= 15 is 0 Å². The van der Waals surface area contributed by atoms with Gasteiger partial charge in [0.1, 0.15) is 0 Å². The lowest BCUT2D eigenvalue weighted by atomic mass is 9.74. The number of carbonyl (C=O) groups is 1. The van der Waals surface area contributed by atoms with Crippen molar-refractivity contribution in [3.63, 3.8) is 0 Å². The lowest BCUT2D eigenvalue weighted by molar-refractivity contribution is -0.125. The van der Waals surface area contributed by atoms with Crippen molar-refractivity contribution in [3.8, 4) is 11.4 Å². The zero-order valence-corrected chi connectivity index (χ0v) is 15.5. The number of hydrogen-bond acceptors (Lipinski definition) is 4. The summed E-state index contributed by atoms with van der Waals surface area (Å²) in [4.78, 5) is 26.1. The monoisotopic (exact) mass is 350 g/mol. The second-order valence-corrected chi connectivity index (χ2v) is 8.42. The van der Waals surface area contributed by atoms with E-state index in [4.69, 9.17) is 4.98 Å². The number of fused-ring (bicyclic) bond motifs is 1. The summed E-state index contributed by atoms with van der Waals surface area (Å²) in [6.45, 7) is 4.50. The molecule has 1 amide bonds. The average molecular weight is 350 g/mol. The zero-order valence-electron chi connectivity index (χ0n) is 15.5. The maximum atomic E-state index is 12.7. The molecule has 1 fully saturated rings. The predicted octanol–water partition coefficient (Wildman–Crippen LogP) is 3.86. The fraction of sp³-hybridized carbons (Fsp3) is 0.524. The Balaban J connectivity index is 1.63. The van der Waals surface area contributed by atoms with Gasteiger partial charge in [0.2, 0.25) is 5.91 Å². The molecule has 4 rings (SSSR count). The fourth-order valence-electron chi connectivity index (χ4n) is 4.29. The van der Waals surface area contributed by atoms with Crippen LogP contribution < -0.4 is 5.32 Å². The first-order chi connectivity index (χ1) is 12.5. The van der Waals surface area contributed by atoms with E-state index < -0.39 is 0 Å². The van der Waals surface area contributed by atoms with Crippen molar-refractivity contribution in [1.29, 1.82) is 0 Å². The van der Waals surface area contributed by atoms with Crippen LogP contribution in [0.5, 0.6) is 0 Å². The van der Waals surface area contributed by atoms with E-state index in [9.17, 15) is 4.79 Å². The first-order valence-electron chi connectivity index (χ1n) is 9.58. The third kappa shape index (κ3) is 3.48. The van der Waals surface area contributed by atoms with Crippen LogP contribution >= 0.6 is 0 Å². The van der Waals surface area contributed by atoms with E-state index in [1.54, 1.807) is 12.4 Å². The highest BCUT2D eigenvalue weighted by atomic mass is 16.1. The van der Waals surface area contributed by atoms with Gasteiger partial charge in [-0.05, 0) is 43.2 Å². The van der Waals surface area contributed by atoms with Crippen LogP contribution in [0.1, 0.15) is 63.3 Å². The zero-order chi connectivity index (χ0) is 18.1. The molecule has 2 heterocycles. The molecule has 0 saturated heterocycles. The van der Waals surface area contributed by atoms with Gasteiger partial charge in [0, 0.05) is 35.6 Å². The fourth-order valence-corrected chi connectivity index (χ4v) is 4.29. The highest BCUT2D eigenvalue weighted by molar-refractivity contribution is 5.79. The molecule has 1 N–H and O–H groups in total. The molecule has 0 aromatic carbocycles. The number of carbonyl (C=O) groups excluding carboxylic acids is 1. The number of amides is 1. The Morgan fingerprint density at radius 1 is 1.19 bits per heavy atom. The smallest absolute Gasteiger partial charge is 0.223 e. The Morgan fingerprint density at radius 2 is 1.92 bits per heavy atom.